The highest BCUT2D eigenvalue weighted by molar-refractivity contribution is 5.79. The minimum atomic E-state index is -3.31. The van der Waals surface area contributed by atoms with Crippen molar-refractivity contribution in [1.82, 2.24) is 5.32 Å². The molecule has 0 amide bonds. The number of esters is 1. The molecule has 2 saturated heterocycles. The normalized spacial score (nSPS) is 34.4. The number of nitrogens with one attached hydrogen (secondary N) is 1. The molecule has 86 valence electrons. The van der Waals surface area contributed by atoms with Crippen LogP contribution in [0.15, 0.2) is 0 Å². The zero-order valence-electron chi connectivity index (χ0n) is 8.17. The van der Waals surface area contributed by atoms with E-state index in [0.29, 0.717) is 13.2 Å². The number of cyclic esters (lactones) is 1. The summed E-state index contributed by atoms with van der Waals surface area (Å²) < 4.78 is 35.2. The van der Waals surface area contributed by atoms with Gasteiger partial charge in [0, 0.05) is 19.2 Å². The summed E-state index contributed by atoms with van der Waals surface area (Å²) in [6.45, 7) is 1.56. The largest absolute Gasteiger partial charge is 0.456 e. The summed E-state index contributed by atoms with van der Waals surface area (Å²) in [6.07, 6.45) is -0.364. The lowest BCUT2D eigenvalue weighted by Gasteiger charge is -2.13. The molecule has 0 saturated carbocycles. The number of carbonyl (C=O) groups excluding carboxylic acids is 1. The maximum absolute atomic E-state index is 12.8. The Morgan fingerprint density at radius 2 is 2.33 bits per heavy atom. The fraction of sp³-hybridized carbons (Fsp3) is 0.889. The Morgan fingerprint density at radius 3 is 2.87 bits per heavy atom. The van der Waals surface area contributed by atoms with Crippen LogP contribution >= 0.6 is 0 Å². The Bertz CT molecular complexity index is 254. The number of halogens is 2. The van der Waals surface area contributed by atoms with Crippen LogP contribution in [0, 0.1) is 0 Å². The zero-order chi connectivity index (χ0) is 10.9. The fourth-order valence-electron chi connectivity index (χ4n) is 1.76. The Hall–Kier alpha value is -0.750. The van der Waals surface area contributed by atoms with Gasteiger partial charge < -0.3 is 14.8 Å². The van der Waals surface area contributed by atoms with Crippen LogP contribution in [0.2, 0.25) is 0 Å². The SMILES string of the molecule is O=C1OC(CNC2CCOC2)CC1(F)F. The average Bonchev–Trinajstić information content (AvgIpc) is 2.72. The van der Waals surface area contributed by atoms with Crippen LogP contribution in [-0.4, -0.2) is 43.8 Å². The standard InChI is InChI=1S/C9H13F2NO3/c10-9(11)3-7(15-8(9)13)4-12-6-1-2-14-5-6/h6-7,12H,1-5H2. The Kier molecular flexibility index (Phi) is 2.88. The van der Waals surface area contributed by atoms with Gasteiger partial charge in [-0.3, -0.25) is 0 Å². The van der Waals surface area contributed by atoms with Crippen LogP contribution in [0.3, 0.4) is 0 Å². The maximum atomic E-state index is 12.8. The van der Waals surface area contributed by atoms with Crippen molar-refractivity contribution in [2.45, 2.75) is 30.9 Å². The first kappa shape index (κ1) is 10.8. The van der Waals surface area contributed by atoms with E-state index in [-0.39, 0.29) is 12.6 Å². The van der Waals surface area contributed by atoms with Crippen LogP contribution in [0.5, 0.6) is 0 Å². The van der Waals surface area contributed by atoms with Gasteiger partial charge in [0.05, 0.1) is 13.0 Å². The van der Waals surface area contributed by atoms with E-state index in [9.17, 15) is 13.6 Å². The lowest BCUT2D eigenvalue weighted by atomic mass is 10.2. The maximum Gasteiger partial charge on any atom is 0.377 e. The quantitative estimate of drug-likeness (QED) is 0.697. The van der Waals surface area contributed by atoms with Crippen LogP contribution in [0.1, 0.15) is 12.8 Å². The zero-order valence-corrected chi connectivity index (χ0v) is 8.17. The molecule has 0 aliphatic carbocycles. The van der Waals surface area contributed by atoms with E-state index >= 15 is 0 Å². The highest BCUT2D eigenvalue weighted by atomic mass is 19.3. The van der Waals surface area contributed by atoms with Gasteiger partial charge in [-0.25, -0.2) is 4.79 Å². The van der Waals surface area contributed by atoms with Gasteiger partial charge in [0.2, 0.25) is 0 Å². The third kappa shape index (κ3) is 2.43. The average molecular weight is 221 g/mol. The molecular formula is C9H13F2NO3. The lowest BCUT2D eigenvalue weighted by Crippen LogP contribution is -2.36. The summed E-state index contributed by atoms with van der Waals surface area (Å²) in [6, 6.07) is 0.193. The molecular weight excluding hydrogens is 208 g/mol. The number of carbonyl (C=O) groups is 1. The van der Waals surface area contributed by atoms with Crippen LogP contribution in [0.25, 0.3) is 0 Å². The molecule has 15 heavy (non-hydrogen) atoms. The summed E-state index contributed by atoms with van der Waals surface area (Å²) in [5, 5.41) is 3.05. The van der Waals surface area contributed by atoms with Crippen molar-refractivity contribution in [1.29, 1.82) is 0 Å². The van der Waals surface area contributed by atoms with E-state index in [1.165, 1.54) is 0 Å². The molecule has 0 bridgehead atoms. The van der Waals surface area contributed by atoms with Crippen molar-refractivity contribution in [2.75, 3.05) is 19.8 Å². The monoisotopic (exact) mass is 221 g/mol. The summed E-state index contributed by atoms with van der Waals surface area (Å²) >= 11 is 0. The first-order chi connectivity index (χ1) is 7.08. The molecule has 0 spiro atoms. The van der Waals surface area contributed by atoms with Gasteiger partial charge in [0.15, 0.2) is 0 Å². The second-order valence-electron chi connectivity index (χ2n) is 3.90. The number of alkyl halides is 2. The molecule has 0 aromatic heterocycles. The Morgan fingerprint density at radius 1 is 1.53 bits per heavy atom. The smallest absolute Gasteiger partial charge is 0.377 e. The summed E-state index contributed by atoms with van der Waals surface area (Å²) in [7, 11) is 0. The van der Waals surface area contributed by atoms with Gasteiger partial charge in [-0.15, -0.1) is 0 Å². The minimum Gasteiger partial charge on any atom is -0.456 e. The van der Waals surface area contributed by atoms with Gasteiger partial charge in [0.1, 0.15) is 6.10 Å². The number of hydrogen-bond acceptors (Lipinski definition) is 4. The van der Waals surface area contributed by atoms with Crippen molar-refractivity contribution in [3.8, 4) is 0 Å². The van der Waals surface area contributed by atoms with E-state index in [1.807, 2.05) is 0 Å². The van der Waals surface area contributed by atoms with Crippen LogP contribution in [-0.2, 0) is 14.3 Å². The molecule has 2 heterocycles. The van der Waals surface area contributed by atoms with E-state index in [0.717, 1.165) is 6.42 Å². The molecule has 1 N–H and O–H groups in total. The molecule has 0 aromatic rings. The van der Waals surface area contributed by atoms with Crippen molar-refractivity contribution < 1.29 is 23.0 Å². The molecule has 2 aliphatic rings. The highest BCUT2D eigenvalue weighted by Crippen LogP contribution is 2.30. The van der Waals surface area contributed by atoms with Gasteiger partial charge >= 0.3 is 11.9 Å². The number of ether oxygens (including phenoxy) is 2. The minimum absolute atomic E-state index is 0.193. The van der Waals surface area contributed by atoms with Gasteiger partial charge in [-0.2, -0.15) is 8.78 Å². The molecule has 4 nitrogen and oxygen atoms in total. The number of rotatable bonds is 3. The summed E-state index contributed by atoms with van der Waals surface area (Å²) in [5.41, 5.74) is 0. The van der Waals surface area contributed by atoms with E-state index in [2.05, 4.69) is 10.1 Å². The molecule has 0 aromatic carbocycles. The first-order valence-corrected chi connectivity index (χ1v) is 4.98. The number of hydrogen-bond donors (Lipinski definition) is 1. The van der Waals surface area contributed by atoms with Crippen LogP contribution < -0.4 is 5.32 Å². The predicted octanol–water partition coefficient (Wildman–Crippen LogP) is 0.316. The third-order valence-electron chi connectivity index (χ3n) is 2.62. The topological polar surface area (TPSA) is 47.6 Å². The van der Waals surface area contributed by atoms with Crippen molar-refractivity contribution in [3.05, 3.63) is 0 Å². The fourth-order valence-corrected chi connectivity index (χ4v) is 1.76. The predicted molar refractivity (Wildman–Crippen MR) is 46.7 cm³/mol. The Balaban J connectivity index is 1.74. The second-order valence-corrected chi connectivity index (χ2v) is 3.90. The summed E-state index contributed by atoms with van der Waals surface area (Å²) in [4.78, 5) is 10.7. The van der Waals surface area contributed by atoms with Gasteiger partial charge in [0.25, 0.3) is 0 Å². The lowest BCUT2D eigenvalue weighted by molar-refractivity contribution is -0.159. The molecule has 2 unspecified atom stereocenters. The van der Waals surface area contributed by atoms with E-state index in [1.54, 1.807) is 0 Å². The summed E-state index contributed by atoms with van der Waals surface area (Å²) in [5.74, 6) is -4.71. The highest BCUT2D eigenvalue weighted by Gasteiger charge is 2.50. The van der Waals surface area contributed by atoms with Crippen LogP contribution in [0.4, 0.5) is 8.78 Å². The van der Waals surface area contributed by atoms with Crippen molar-refractivity contribution in [2.24, 2.45) is 0 Å². The molecule has 2 fully saturated rings. The molecule has 2 rings (SSSR count). The van der Waals surface area contributed by atoms with Gasteiger partial charge in [-0.05, 0) is 6.42 Å². The Labute approximate surface area is 85.9 Å². The molecule has 0 radical (unpaired) electrons. The van der Waals surface area contributed by atoms with Gasteiger partial charge in [-0.1, -0.05) is 0 Å². The third-order valence-corrected chi connectivity index (χ3v) is 2.62. The molecule has 6 heteroatoms. The van der Waals surface area contributed by atoms with E-state index in [4.69, 9.17) is 4.74 Å². The first-order valence-electron chi connectivity index (χ1n) is 4.98. The van der Waals surface area contributed by atoms with Crippen molar-refractivity contribution >= 4 is 5.97 Å². The molecule has 2 atom stereocenters. The second kappa shape index (κ2) is 4.02. The van der Waals surface area contributed by atoms with E-state index < -0.39 is 24.4 Å². The van der Waals surface area contributed by atoms with Crippen molar-refractivity contribution in [3.63, 3.8) is 0 Å². The molecule has 2 aliphatic heterocycles.